The van der Waals surface area contributed by atoms with E-state index in [1.54, 1.807) is 7.05 Å². The Morgan fingerprint density at radius 1 is 1.38 bits per heavy atom. The normalized spacial score (nSPS) is 16.1. The van der Waals surface area contributed by atoms with Gasteiger partial charge >= 0.3 is 0 Å². The Hall–Kier alpha value is -1.21. The lowest BCUT2D eigenvalue weighted by Crippen LogP contribution is -2.26. The van der Waals surface area contributed by atoms with Gasteiger partial charge in [0.15, 0.2) is 0 Å². The molecular weight excluding hydrogens is 228 g/mol. The Kier molecular flexibility index (Phi) is 3.06. The lowest BCUT2D eigenvalue weighted by atomic mass is 10.4. The zero-order valence-electron chi connectivity index (χ0n) is 8.97. The second kappa shape index (κ2) is 4.34. The molecule has 16 heavy (non-hydrogen) atoms. The fourth-order valence-corrected chi connectivity index (χ4v) is 2.22. The van der Waals surface area contributed by atoms with E-state index < -0.39 is 10.0 Å². The Bertz CT molecular complexity index is 453. The summed E-state index contributed by atoms with van der Waals surface area (Å²) in [6.07, 6.45) is 4.82. The number of sulfonamides is 1. The lowest BCUT2D eigenvalue weighted by molar-refractivity contribution is 0.576. The minimum Gasteiger partial charge on any atom is -0.357 e. The fraction of sp³-hybridized carbons (Fsp3) is 0.556. The van der Waals surface area contributed by atoms with Gasteiger partial charge in [-0.15, -0.1) is 0 Å². The molecule has 2 rings (SSSR count). The van der Waals surface area contributed by atoms with E-state index >= 15 is 0 Å². The monoisotopic (exact) mass is 242 g/mol. The van der Waals surface area contributed by atoms with E-state index in [2.05, 4.69) is 20.0 Å². The summed E-state index contributed by atoms with van der Waals surface area (Å²) in [6, 6.07) is 0. The molecule has 0 spiro atoms. The van der Waals surface area contributed by atoms with Crippen molar-refractivity contribution in [3.63, 3.8) is 0 Å². The molecule has 0 bridgehead atoms. The zero-order valence-corrected chi connectivity index (χ0v) is 9.79. The van der Waals surface area contributed by atoms with E-state index in [0.717, 1.165) is 12.8 Å². The van der Waals surface area contributed by atoms with E-state index in [1.165, 1.54) is 12.4 Å². The fourth-order valence-electron chi connectivity index (χ4n) is 1.22. The summed E-state index contributed by atoms with van der Waals surface area (Å²) in [4.78, 5) is 7.83. The van der Waals surface area contributed by atoms with Gasteiger partial charge in [-0.05, 0) is 18.8 Å². The predicted octanol–water partition coefficient (Wildman–Crippen LogP) is 0.207. The maximum atomic E-state index is 11.8. The van der Waals surface area contributed by atoms with Crippen molar-refractivity contribution >= 4 is 16.0 Å². The van der Waals surface area contributed by atoms with E-state index in [4.69, 9.17) is 0 Å². The first-order chi connectivity index (χ1) is 7.62. The van der Waals surface area contributed by atoms with E-state index in [1.807, 2.05) is 0 Å². The van der Waals surface area contributed by atoms with Gasteiger partial charge in [-0.1, -0.05) is 0 Å². The highest BCUT2D eigenvalue weighted by molar-refractivity contribution is 7.89. The lowest BCUT2D eigenvalue weighted by Gasteiger charge is -2.05. The second-order valence-corrected chi connectivity index (χ2v) is 5.55. The third-order valence-corrected chi connectivity index (χ3v) is 3.80. The van der Waals surface area contributed by atoms with E-state index in [-0.39, 0.29) is 4.90 Å². The molecule has 6 nitrogen and oxygen atoms in total. The van der Waals surface area contributed by atoms with Crippen molar-refractivity contribution in [1.29, 1.82) is 0 Å². The van der Waals surface area contributed by atoms with Gasteiger partial charge in [0.1, 0.15) is 4.90 Å². The summed E-state index contributed by atoms with van der Waals surface area (Å²) in [6.45, 7) is 0.510. The highest BCUT2D eigenvalue weighted by atomic mass is 32.2. The van der Waals surface area contributed by atoms with Crippen LogP contribution >= 0.6 is 0 Å². The summed E-state index contributed by atoms with van der Waals surface area (Å²) in [5, 5.41) is 2.73. The molecule has 88 valence electrons. The topological polar surface area (TPSA) is 84.0 Å². The molecule has 7 heteroatoms. The Balaban J connectivity index is 2.07. The molecule has 0 radical (unpaired) electrons. The van der Waals surface area contributed by atoms with Gasteiger partial charge in [0.05, 0.1) is 12.4 Å². The molecule has 0 unspecified atom stereocenters. The van der Waals surface area contributed by atoms with Crippen LogP contribution in [0.2, 0.25) is 0 Å². The number of anilines is 1. The van der Waals surface area contributed by atoms with Crippen LogP contribution in [0.25, 0.3) is 0 Å². The Morgan fingerprint density at radius 3 is 2.50 bits per heavy atom. The van der Waals surface area contributed by atoms with Gasteiger partial charge in [0.2, 0.25) is 16.0 Å². The number of nitrogens with zero attached hydrogens (tertiary/aromatic N) is 2. The van der Waals surface area contributed by atoms with Crippen molar-refractivity contribution in [3.8, 4) is 0 Å². The molecule has 1 fully saturated rings. The summed E-state index contributed by atoms with van der Waals surface area (Å²) in [5.41, 5.74) is 0. The van der Waals surface area contributed by atoms with Crippen LogP contribution in [0.1, 0.15) is 12.8 Å². The third kappa shape index (κ3) is 2.67. The maximum absolute atomic E-state index is 11.8. The third-order valence-electron chi connectivity index (χ3n) is 2.42. The minimum absolute atomic E-state index is 0.104. The predicted molar refractivity (Wildman–Crippen MR) is 59.5 cm³/mol. The van der Waals surface area contributed by atoms with Gasteiger partial charge in [-0.2, -0.15) is 0 Å². The van der Waals surface area contributed by atoms with Crippen molar-refractivity contribution in [1.82, 2.24) is 14.7 Å². The summed E-state index contributed by atoms with van der Waals surface area (Å²) in [7, 11) is -1.77. The number of rotatable bonds is 5. The molecule has 0 atom stereocenters. The minimum atomic E-state index is -3.44. The van der Waals surface area contributed by atoms with Gasteiger partial charge < -0.3 is 5.32 Å². The first kappa shape index (κ1) is 11.3. The highest BCUT2D eigenvalue weighted by Gasteiger charge is 2.24. The standard InChI is InChI=1S/C9H14N4O2S/c1-10-9-11-5-8(6-12-9)16(14,15)13-4-7-2-3-7/h5-7,13H,2-4H2,1H3,(H,10,11,12). The summed E-state index contributed by atoms with van der Waals surface area (Å²) < 4.78 is 26.1. The van der Waals surface area contributed by atoms with Crippen LogP contribution in [0.3, 0.4) is 0 Å². The van der Waals surface area contributed by atoms with Crippen LogP contribution in [-0.2, 0) is 10.0 Å². The van der Waals surface area contributed by atoms with Gasteiger partial charge in [0.25, 0.3) is 0 Å². The van der Waals surface area contributed by atoms with Crippen LogP contribution in [0.5, 0.6) is 0 Å². The molecule has 0 aromatic carbocycles. The smallest absolute Gasteiger partial charge is 0.243 e. The zero-order chi connectivity index (χ0) is 11.6. The van der Waals surface area contributed by atoms with Crippen LogP contribution < -0.4 is 10.0 Å². The highest BCUT2D eigenvalue weighted by Crippen LogP contribution is 2.28. The molecule has 1 aromatic heterocycles. The van der Waals surface area contributed by atoms with Crippen molar-refractivity contribution in [2.75, 3.05) is 18.9 Å². The summed E-state index contributed by atoms with van der Waals surface area (Å²) in [5.74, 6) is 0.911. The maximum Gasteiger partial charge on any atom is 0.243 e. The first-order valence-corrected chi connectivity index (χ1v) is 6.59. The molecule has 0 saturated heterocycles. The Morgan fingerprint density at radius 2 is 2.00 bits per heavy atom. The summed E-state index contributed by atoms with van der Waals surface area (Å²) >= 11 is 0. The molecule has 1 aliphatic rings. The van der Waals surface area contributed by atoms with E-state index in [0.29, 0.717) is 18.4 Å². The molecule has 1 saturated carbocycles. The first-order valence-electron chi connectivity index (χ1n) is 5.11. The molecule has 1 aromatic rings. The van der Waals surface area contributed by atoms with Crippen LogP contribution in [0.15, 0.2) is 17.3 Å². The number of nitrogens with one attached hydrogen (secondary N) is 2. The van der Waals surface area contributed by atoms with Gasteiger partial charge in [-0.25, -0.2) is 23.1 Å². The molecule has 2 N–H and O–H groups in total. The SMILES string of the molecule is CNc1ncc(S(=O)(=O)NCC2CC2)cn1. The van der Waals surface area contributed by atoms with Crippen LogP contribution in [-0.4, -0.2) is 32.0 Å². The van der Waals surface area contributed by atoms with Crippen molar-refractivity contribution < 1.29 is 8.42 Å². The van der Waals surface area contributed by atoms with Crippen molar-refractivity contribution in [3.05, 3.63) is 12.4 Å². The average molecular weight is 242 g/mol. The second-order valence-electron chi connectivity index (χ2n) is 3.79. The van der Waals surface area contributed by atoms with Crippen LogP contribution in [0.4, 0.5) is 5.95 Å². The number of aromatic nitrogens is 2. The van der Waals surface area contributed by atoms with Crippen LogP contribution in [0, 0.1) is 5.92 Å². The van der Waals surface area contributed by atoms with E-state index in [9.17, 15) is 8.42 Å². The molecule has 1 aliphatic carbocycles. The van der Waals surface area contributed by atoms with Gasteiger partial charge in [-0.3, -0.25) is 0 Å². The number of hydrogen-bond donors (Lipinski definition) is 2. The van der Waals surface area contributed by atoms with Crippen molar-refractivity contribution in [2.45, 2.75) is 17.7 Å². The Labute approximate surface area is 94.6 Å². The average Bonchev–Trinajstić information content (AvgIpc) is 3.10. The van der Waals surface area contributed by atoms with Gasteiger partial charge in [0, 0.05) is 13.6 Å². The molecule has 0 aliphatic heterocycles. The molecule has 1 heterocycles. The largest absolute Gasteiger partial charge is 0.357 e. The molecule has 0 amide bonds. The molecular formula is C9H14N4O2S. The number of hydrogen-bond acceptors (Lipinski definition) is 5. The van der Waals surface area contributed by atoms with Crippen molar-refractivity contribution in [2.24, 2.45) is 5.92 Å². The quantitative estimate of drug-likeness (QED) is 0.771.